The van der Waals surface area contributed by atoms with Crippen LogP contribution < -0.4 is 15.4 Å². The van der Waals surface area contributed by atoms with Gasteiger partial charge in [0.1, 0.15) is 23.7 Å². The normalized spacial score (nSPS) is 13.5. The smallest absolute Gasteiger partial charge is 0.242 e. The molecule has 1 aliphatic heterocycles. The Hall–Kier alpha value is -2.78. The molecule has 0 saturated carbocycles. The highest BCUT2D eigenvalue weighted by Gasteiger charge is 2.19. The van der Waals surface area contributed by atoms with E-state index in [2.05, 4.69) is 20.6 Å². The Labute approximate surface area is 188 Å². The number of thioether (sulfide) groups is 1. The number of carbonyl (C=O) groups excluding carboxylic acids is 1. The molecule has 1 aliphatic rings. The van der Waals surface area contributed by atoms with E-state index in [0.29, 0.717) is 35.1 Å². The van der Waals surface area contributed by atoms with E-state index in [-0.39, 0.29) is 17.5 Å². The largest absolute Gasteiger partial charge is 0.492 e. The highest BCUT2D eigenvalue weighted by atomic mass is 35.5. The van der Waals surface area contributed by atoms with Crippen molar-refractivity contribution in [2.24, 2.45) is 0 Å². The van der Waals surface area contributed by atoms with E-state index >= 15 is 0 Å². The number of nitrogens with zero attached hydrogens (tertiary/aromatic N) is 3. The summed E-state index contributed by atoms with van der Waals surface area (Å²) in [6.45, 7) is 3.30. The second-order valence-electron chi connectivity index (χ2n) is 6.82. The van der Waals surface area contributed by atoms with Gasteiger partial charge in [0.25, 0.3) is 0 Å². The molecule has 0 atom stereocenters. The summed E-state index contributed by atoms with van der Waals surface area (Å²) in [4.78, 5) is 22.9. The van der Waals surface area contributed by atoms with E-state index in [0.717, 1.165) is 23.6 Å². The number of hydrogen-bond acceptors (Lipinski definition) is 7. The SMILES string of the molecule is CCOc1cc2ncnc(Nc3ccc(F)c(Cl)c3)c2cc1NCC(=O)N1CCSC1. The van der Waals surface area contributed by atoms with Crippen LogP contribution in [0.2, 0.25) is 5.02 Å². The van der Waals surface area contributed by atoms with Crippen molar-refractivity contribution in [1.82, 2.24) is 14.9 Å². The Morgan fingerprint density at radius 1 is 1.32 bits per heavy atom. The van der Waals surface area contributed by atoms with Gasteiger partial charge in [-0.05, 0) is 31.2 Å². The summed E-state index contributed by atoms with van der Waals surface area (Å²) in [6, 6.07) is 8.01. The molecule has 2 aromatic carbocycles. The number of carbonyl (C=O) groups is 1. The van der Waals surface area contributed by atoms with Crippen LogP contribution in [0.15, 0.2) is 36.7 Å². The zero-order chi connectivity index (χ0) is 21.8. The number of hydrogen-bond donors (Lipinski definition) is 2. The second-order valence-corrected chi connectivity index (χ2v) is 8.30. The summed E-state index contributed by atoms with van der Waals surface area (Å²) in [5.74, 6) is 2.36. The first-order valence-electron chi connectivity index (χ1n) is 9.78. The minimum Gasteiger partial charge on any atom is -0.492 e. The molecule has 0 unspecified atom stereocenters. The van der Waals surface area contributed by atoms with E-state index in [1.54, 1.807) is 17.8 Å². The van der Waals surface area contributed by atoms with Gasteiger partial charge >= 0.3 is 0 Å². The summed E-state index contributed by atoms with van der Waals surface area (Å²) < 4.78 is 19.2. The second kappa shape index (κ2) is 9.57. The van der Waals surface area contributed by atoms with Gasteiger partial charge in [-0.25, -0.2) is 14.4 Å². The molecule has 31 heavy (non-hydrogen) atoms. The molecule has 0 radical (unpaired) electrons. The third-order valence-corrected chi connectivity index (χ3v) is 6.01. The van der Waals surface area contributed by atoms with Crippen LogP contribution in [0.25, 0.3) is 10.9 Å². The molecule has 2 heterocycles. The quantitative estimate of drug-likeness (QED) is 0.536. The van der Waals surface area contributed by atoms with Crippen molar-refractivity contribution < 1.29 is 13.9 Å². The van der Waals surface area contributed by atoms with Crippen LogP contribution in [-0.4, -0.2) is 52.1 Å². The lowest BCUT2D eigenvalue weighted by atomic mass is 10.1. The van der Waals surface area contributed by atoms with E-state index in [1.807, 2.05) is 24.0 Å². The molecule has 4 rings (SSSR count). The van der Waals surface area contributed by atoms with Gasteiger partial charge in [-0.2, -0.15) is 0 Å². The number of rotatable bonds is 7. The van der Waals surface area contributed by atoms with Gasteiger partial charge in [0.2, 0.25) is 5.91 Å². The van der Waals surface area contributed by atoms with E-state index < -0.39 is 5.82 Å². The first-order chi connectivity index (χ1) is 15.0. The Kier molecular flexibility index (Phi) is 6.62. The average Bonchev–Trinajstić information content (AvgIpc) is 3.30. The Bertz CT molecular complexity index is 1110. The number of benzene rings is 2. The van der Waals surface area contributed by atoms with Gasteiger partial charge in [-0.3, -0.25) is 4.79 Å². The maximum Gasteiger partial charge on any atom is 0.242 e. The van der Waals surface area contributed by atoms with Gasteiger partial charge in [-0.15, -0.1) is 11.8 Å². The number of fused-ring (bicyclic) bond motifs is 1. The zero-order valence-corrected chi connectivity index (χ0v) is 18.4. The van der Waals surface area contributed by atoms with Crippen molar-refractivity contribution in [1.29, 1.82) is 0 Å². The fourth-order valence-electron chi connectivity index (χ4n) is 3.20. The molecule has 1 saturated heterocycles. The van der Waals surface area contributed by atoms with Gasteiger partial charge in [-0.1, -0.05) is 11.6 Å². The van der Waals surface area contributed by atoms with Crippen LogP contribution in [-0.2, 0) is 4.79 Å². The van der Waals surface area contributed by atoms with Gasteiger partial charge in [0.15, 0.2) is 0 Å². The standard InChI is InChI=1S/C21H21ClFN5O2S/c1-2-30-19-9-17-14(8-18(19)24-10-20(29)28-5-6-31-12-28)21(26-11-25-17)27-13-3-4-16(23)15(22)7-13/h3-4,7-9,11,24H,2,5-6,10,12H2,1H3,(H,25,26,27). The van der Waals surface area contributed by atoms with Gasteiger partial charge < -0.3 is 20.3 Å². The molecule has 7 nitrogen and oxygen atoms in total. The van der Waals surface area contributed by atoms with Crippen LogP contribution in [0, 0.1) is 5.82 Å². The summed E-state index contributed by atoms with van der Waals surface area (Å²) >= 11 is 7.64. The van der Waals surface area contributed by atoms with Gasteiger partial charge in [0.05, 0.1) is 35.3 Å². The Morgan fingerprint density at radius 3 is 2.94 bits per heavy atom. The maximum atomic E-state index is 13.5. The predicted molar refractivity (Wildman–Crippen MR) is 123 cm³/mol. The molecule has 0 spiro atoms. The van der Waals surface area contributed by atoms with Crippen molar-refractivity contribution in [2.45, 2.75) is 6.92 Å². The van der Waals surface area contributed by atoms with Crippen LogP contribution >= 0.6 is 23.4 Å². The Balaban J connectivity index is 1.64. The third kappa shape index (κ3) is 4.94. The molecule has 0 aliphatic carbocycles. The number of amides is 1. The topological polar surface area (TPSA) is 79.4 Å². The molecule has 0 bridgehead atoms. The molecule has 10 heteroatoms. The molecule has 1 aromatic heterocycles. The van der Waals surface area contributed by atoms with E-state index in [4.69, 9.17) is 16.3 Å². The monoisotopic (exact) mass is 461 g/mol. The summed E-state index contributed by atoms with van der Waals surface area (Å²) in [5, 5.41) is 7.09. The first kappa shape index (κ1) is 21.5. The number of anilines is 3. The molecule has 1 fully saturated rings. The maximum absolute atomic E-state index is 13.5. The summed E-state index contributed by atoms with van der Waals surface area (Å²) in [6.07, 6.45) is 1.44. The minimum absolute atomic E-state index is 0.0166. The lowest BCUT2D eigenvalue weighted by Gasteiger charge is -2.18. The molecule has 162 valence electrons. The molecular weight excluding hydrogens is 441 g/mol. The van der Waals surface area contributed by atoms with Crippen LogP contribution in [0.1, 0.15) is 6.92 Å². The molecule has 2 N–H and O–H groups in total. The lowest BCUT2D eigenvalue weighted by Crippen LogP contribution is -2.33. The third-order valence-electron chi connectivity index (χ3n) is 4.75. The highest BCUT2D eigenvalue weighted by molar-refractivity contribution is 7.99. The van der Waals surface area contributed by atoms with E-state index in [9.17, 15) is 9.18 Å². The van der Waals surface area contributed by atoms with Crippen LogP contribution in [0.4, 0.5) is 21.6 Å². The minimum atomic E-state index is -0.492. The van der Waals surface area contributed by atoms with Crippen molar-refractivity contribution in [3.63, 3.8) is 0 Å². The summed E-state index contributed by atoms with van der Waals surface area (Å²) in [5.41, 5.74) is 1.93. The van der Waals surface area contributed by atoms with Gasteiger partial charge in [0, 0.05) is 29.4 Å². The number of ether oxygens (including phenoxy) is 1. The van der Waals surface area contributed by atoms with Crippen molar-refractivity contribution >= 4 is 57.4 Å². The highest BCUT2D eigenvalue weighted by Crippen LogP contribution is 2.33. The lowest BCUT2D eigenvalue weighted by molar-refractivity contribution is -0.127. The van der Waals surface area contributed by atoms with Crippen molar-refractivity contribution in [2.75, 3.05) is 42.0 Å². The summed E-state index contributed by atoms with van der Waals surface area (Å²) in [7, 11) is 0. The van der Waals surface area contributed by atoms with Crippen LogP contribution in [0.5, 0.6) is 5.75 Å². The zero-order valence-electron chi connectivity index (χ0n) is 16.8. The molecular formula is C21H21ClFN5O2S. The average molecular weight is 462 g/mol. The fraction of sp³-hybridized carbons (Fsp3) is 0.286. The predicted octanol–water partition coefficient (Wildman–Crippen LogP) is 4.51. The Morgan fingerprint density at radius 2 is 2.19 bits per heavy atom. The van der Waals surface area contributed by atoms with Crippen LogP contribution in [0.3, 0.4) is 0 Å². The number of halogens is 2. The molecule has 1 amide bonds. The number of nitrogens with one attached hydrogen (secondary N) is 2. The van der Waals surface area contributed by atoms with E-state index in [1.165, 1.54) is 18.5 Å². The first-order valence-corrected chi connectivity index (χ1v) is 11.3. The molecule has 3 aromatic rings. The number of aromatic nitrogens is 2. The fourth-order valence-corrected chi connectivity index (χ4v) is 4.35. The van der Waals surface area contributed by atoms with Crippen molar-refractivity contribution in [3.05, 3.63) is 47.5 Å². The van der Waals surface area contributed by atoms with Crippen molar-refractivity contribution in [3.8, 4) is 5.75 Å².